The molecule has 2 rings (SSSR count). The first-order valence-electron chi connectivity index (χ1n) is 6.83. The number of hydrogen-bond donors (Lipinski definition) is 1. The lowest BCUT2D eigenvalue weighted by molar-refractivity contribution is 0.545. The first-order valence-corrected chi connectivity index (χ1v) is 8.00. The Morgan fingerprint density at radius 2 is 2.10 bits per heavy atom. The van der Waals surface area contributed by atoms with Crippen LogP contribution in [0.2, 0.25) is 5.02 Å². The van der Waals surface area contributed by atoms with Gasteiger partial charge in [-0.05, 0) is 59.1 Å². The van der Waals surface area contributed by atoms with Gasteiger partial charge in [-0.1, -0.05) is 24.6 Å². The SMILES string of the molecule is CCCNC(c1ccncc1C)c1ccc(Br)c(Cl)c1F. The Bertz CT molecular complexity index is 634. The van der Waals surface area contributed by atoms with Crippen molar-refractivity contribution in [2.75, 3.05) is 6.54 Å². The van der Waals surface area contributed by atoms with E-state index in [-0.39, 0.29) is 11.1 Å². The molecule has 0 fully saturated rings. The van der Waals surface area contributed by atoms with E-state index in [1.807, 2.05) is 13.0 Å². The summed E-state index contributed by atoms with van der Waals surface area (Å²) in [7, 11) is 0. The van der Waals surface area contributed by atoms with Gasteiger partial charge in [-0.3, -0.25) is 4.98 Å². The van der Waals surface area contributed by atoms with E-state index in [9.17, 15) is 4.39 Å². The molecule has 0 saturated carbocycles. The third kappa shape index (κ3) is 3.62. The van der Waals surface area contributed by atoms with Crippen LogP contribution >= 0.6 is 27.5 Å². The van der Waals surface area contributed by atoms with Crippen LogP contribution in [-0.4, -0.2) is 11.5 Å². The summed E-state index contributed by atoms with van der Waals surface area (Å²) in [6.07, 6.45) is 4.47. The van der Waals surface area contributed by atoms with Gasteiger partial charge < -0.3 is 5.32 Å². The number of aryl methyl sites for hydroxylation is 1. The van der Waals surface area contributed by atoms with Gasteiger partial charge in [0.05, 0.1) is 11.1 Å². The Morgan fingerprint density at radius 1 is 1.33 bits per heavy atom. The second kappa shape index (κ2) is 7.34. The molecule has 0 bridgehead atoms. The van der Waals surface area contributed by atoms with Crippen molar-refractivity contribution in [3.63, 3.8) is 0 Å². The lowest BCUT2D eigenvalue weighted by atomic mass is 9.95. The fourth-order valence-corrected chi connectivity index (χ4v) is 2.73. The third-order valence-corrected chi connectivity index (χ3v) is 4.61. The molecule has 0 spiro atoms. The summed E-state index contributed by atoms with van der Waals surface area (Å²) < 4.78 is 15.1. The average molecular weight is 372 g/mol. The van der Waals surface area contributed by atoms with E-state index < -0.39 is 5.82 Å². The predicted molar refractivity (Wildman–Crippen MR) is 88.2 cm³/mol. The molecule has 0 aliphatic carbocycles. The van der Waals surface area contributed by atoms with Crippen LogP contribution in [0.5, 0.6) is 0 Å². The van der Waals surface area contributed by atoms with Crippen LogP contribution in [0.25, 0.3) is 0 Å². The molecule has 21 heavy (non-hydrogen) atoms. The number of benzene rings is 1. The summed E-state index contributed by atoms with van der Waals surface area (Å²) in [5, 5.41) is 3.50. The van der Waals surface area contributed by atoms with E-state index in [1.54, 1.807) is 24.5 Å². The molecule has 1 atom stereocenters. The van der Waals surface area contributed by atoms with E-state index in [4.69, 9.17) is 11.6 Å². The second-order valence-electron chi connectivity index (χ2n) is 4.88. The molecule has 1 aromatic heterocycles. The Hall–Kier alpha value is -0.970. The Labute approximate surface area is 137 Å². The number of pyridine rings is 1. The Balaban J connectivity index is 2.51. The minimum Gasteiger partial charge on any atom is -0.306 e. The highest BCUT2D eigenvalue weighted by molar-refractivity contribution is 9.10. The number of nitrogens with one attached hydrogen (secondary N) is 1. The highest BCUT2D eigenvalue weighted by atomic mass is 79.9. The van der Waals surface area contributed by atoms with Crippen LogP contribution in [0.15, 0.2) is 35.1 Å². The number of rotatable bonds is 5. The first-order chi connectivity index (χ1) is 10.1. The average Bonchev–Trinajstić information content (AvgIpc) is 2.48. The zero-order valence-corrected chi connectivity index (χ0v) is 14.3. The number of aromatic nitrogens is 1. The van der Waals surface area contributed by atoms with E-state index in [1.165, 1.54) is 0 Å². The molecule has 0 amide bonds. The highest BCUT2D eigenvalue weighted by Crippen LogP contribution is 2.33. The summed E-state index contributed by atoms with van der Waals surface area (Å²) in [6, 6.07) is 5.22. The molecule has 1 N–H and O–H groups in total. The van der Waals surface area contributed by atoms with Crippen LogP contribution in [-0.2, 0) is 0 Å². The molecule has 1 heterocycles. The van der Waals surface area contributed by atoms with Gasteiger partial charge in [0, 0.05) is 22.4 Å². The van der Waals surface area contributed by atoms with Crippen LogP contribution < -0.4 is 5.32 Å². The molecule has 1 unspecified atom stereocenters. The number of hydrogen-bond acceptors (Lipinski definition) is 2. The molecule has 112 valence electrons. The van der Waals surface area contributed by atoms with Gasteiger partial charge in [0.1, 0.15) is 5.82 Å². The Morgan fingerprint density at radius 3 is 2.76 bits per heavy atom. The van der Waals surface area contributed by atoms with Crippen molar-refractivity contribution in [1.82, 2.24) is 10.3 Å². The molecule has 1 aromatic carbocycles. The van der Waals surface area contributed by atoms with Crippen molar-refractivity contribution in [2.24, 2.45) is 0 Å². The summed E-state index contributed by atoms with van der Waals surface area (Å²) in [4.78, 5) is 4.10. The largest absolute Gasteiger partial charge is 0.306 e. The highest BCUT2D eigenvalue weighted by Gasteiger charge is 2.21. The minimum atomic E-state index is -0.393. The zero-order valence-electron chi connectivity index (χ0n) is 12.0. The summed E-state index contributed by atoms with van der Waals surface area (Å²) in [5.74, 6) is -0.393. The zero-order chi connectivity index (χ0) is 15.4. The normalized spacial score (nSPS) is 12.4. The minimum absolute atomic E-state index is 0.113. The molecule has 2 aromatic rings. The van der Waals surface area contributed by atoms with E-state index >= 15 is 0 Å². The quantitative estimate of drug-likeness (QED) is 0.745. The maximum atomic E-state index is 14.5. The van der Waals surface area contributed by atoms with Gasteiger partial charge in [0.25, 0.3) is 0 Å². The second-order valence-corrected chi connectivity index (χ2v) is 6.12. The monoisotopic (exact) mass is 370 g/mol. The van der Waals surface area contributed by atoms with Gasteiger partial charge >= 0.3 is 0 Å². The molecule has 0 aliphatic heterocycles. The lowest BCUT2D eigenvalue weighted by Gasteiger charge is -2.22. The van der Waals surface area contributed by atoms with Crippen molar-refractivity contribution in [3.8, 4) is 0 Å². The summed E-state index contributed by atoms with van der Waals surface area (Å²) in [5.41, 5.74) is 2.58. The Kier molecular flexibility index (Phi) is 5.73. The van der Waals surface area contributed by atoms with Crippen LogP contribution in [0, 0.1) is 12.7 Å². The fourth-order valence-electron chi connectivity index (χ4n) is 2.25. The van der Waals surface area contributed by atoms with Crippen molar-refractivity contribution in [2.45, 2.75) is 26.3 Å². The smallest absolute Gasteiger partial charge is 0.148 e. The summed E-state index contributed by atoms with van der Waals surface area (Å²) in [6.45, 7) is 4.84. The van der Waals surface area contributed by atoms with E-state index in [0.29, 0.717) is 10.0 Å². The van der Waals surface area contributed by atoms with Gasteiger partial charge in [-0.15, -0.1) is 0 Å². The van der Waals surface area contributed by atoms with Gasteiger partial charge in [-0.25, -0.2) is 4.39 Å². The molecular formula is C16H17BrClFN2. The van der Waals surface area contributed by atoms with Gasteiger partial charge in [0.2, 0.25) is 0 Å². The van der Waals surface area contributed by atoms with Crippen LogP contribution in [0.1, 0.15) is 36.1 Å². The van der Waals surface area contributed by atoms with E-state index in [0.717, 1.165) is 24.1 Å². The molecule has 2 nitrogen and oxygen atoms in total. The number of nitrogens with zero attached hydrogens (tertiary/aromatic N) is 1. The standard InChI is InChI=1S/C16H17BrClFN2/c1-3-7-21-16(11-6-8-20-9-10(11)2)12-4-5-13(17)14(18)15(12)19/h4-6,8-9,16,21H,3,7H2,1-2H3. The van der Waals surface area contributed by atoms with Crippen LogP contribution in [0.4, 0.5) is 4.39 Å². The predicted octanol–water partition coefficient (Wildman–Crippen LogP) is 5.03. The van der Waals surface area contributed by atoms with Crippen molar-refractivity contribution in [1.29, 1.82) is 0 Å². The van der Waals surface area contributed by atoms with Crippen molar-refractivity contribution in [3.05, 3.63) is 62.6 Å². The van der Waals surface area contributed by atoms with Crippen molar-refractivity contribution >= 4 is 27.5 Å². The first kappa shape index (κ1) is 16.4. The molecule has 0 aliphatic rings. The van der Waals surface area contributed by atoms with Gasteiger partial charge in [-0.2, -0.15) is 0 Å². The lowest BCUT2D eigenvalue weighted by Crippen LogP contribution is -2.25. The fraction of sp³-hybridized carbons (Fsp3) is 0.312. The third-order valence-electron chi connectivity index (χ3n) is 3.35. The maximum absolute atomic E-state index is 14.5. The summed E-state index contributed by atoms with van der Waals surface area (Å²) >= 11 is 9.28. The molecule has 5 heteroatoms. The topological polar surface area (TPSA) is 24.9 Å². The van der Waals surface area contributed by atoms with Gasteiger partial charge in [0.15, 0.2) is 0 Å². The molecule has 0 radical (unpaired) electrons. The van der Waals surface area contributed by atoms with Crippen molar-refractivity contribution < 1.29 is 4.39 Å². The molecular weight excluding hydrogens is 355 g/mol. The number of halogens is 3. The molecule has 0 saturated heterocycles. The maximum Gasteiger partial charge on any atom is 0.148 e. The van der Waals surface area contributed by atoms with Crippen LogP contribution in [0.3, 0.4) is 0 Å². The van der Waals surface area contributed by atoms with E-state index in [2.05, 4.69) is 33.2 Å².